The van der Waals surface area contributed by atoms with E-state index in [1.807, 2.05) is 0 Å². The van der Waals surface area contributed by atoms with Gasteiger partial charge in [-0.05, 0) is 0 Å². The molecule has 0 saturated carbocycles. The van der Waals surface area contributed by atoms with Gasteiger partial charge in [-0.25, -0.2) is 0 Å². The van der Waals surface area contributed by atoms with Crippen molar-refractivity contribution < 1.29 is 17.8 Å². The van der Waals surface area contributed by atoms with Crippen LogP contribution >= 0.6 is 7.92 Å². The second-order valence-corrected chi connectivity index (χ2v) is 5.73. The Bertz CT molecular complexity index is 222. The normalized spacial score (nSPS) is 11.0. The maximum absolute atomic E-state index is 10.1. The summed E-state index contributed by atoms with van der Waals surface area (Å²) in [5, 5.41) is 0. The first kappa shape index (κ1) is 13.1. The van der Waals surface area contributed by atoms with Crippen LogP contribution in [0.4, 0.5) is 0 Å². The molecule has 0 aliphatic heterocycles. The van der Waals surface area contributed by atoms with Gasteiger partial charge in [-0.15, -0.1) is 0 Å². The van der Waals surface area contributed by atoms with Crippen molar-refractivity contribution in [1.29, 1.82) is 0 Å². The zero-order chi connectivity index (χ0) is 10.2. The van der Waals surface area contributed by atoms with E-state index in [2.05, 4.69) is 12.7 Å². The molecule has 0 bridgehead atoms. The molecule has 0 fully saturated rings. The number of hydrogen-bond donors (Lipinski definition) is 0. The van der Waals surface area contributed by atoms with Crippen molar-refractivity contribution in [3.8, 4) is 5.81 Å². The van der Waals surface area contributed by atoms with E-state index in [1.54, 1.807) is 0 Å². The van der Waals surface area contributed by atoms with Crippen molar-refractivity contribution in [2.45, 2.75) is 25.8 Å². The van der Waals surface area contributed by atoms with Gasteiger partial charge in [0.1, 0.15) is 0 Å². The van der Waals surface area contributed by atoms with Crippen LogP contribution in [0.25, 0.3) is 0 Å². The van der Waals surface area contributed by atoms with Crippen LogP contribution in [0.5, 0.6) is 0 Å². The third-order valence-corrected chi connectivity index (χ3v) is 4.66. The molecule has 0 heterocycles. The monoisotopic (exact) mass is 222 g/mol. The standard InChI is InChI=1S/C7H15O4PSi/c1-4-5-6-13(9-2,10-3)11-7-12-8/h4-6H2,1-3H3. The molecule has 76 valence electrons. The summed E-state index contributed by atoms with van der Waals surface area (Å²) in [5.41, 5.74) is 0. The molecule has 0 aromatic heterocycles. The van der Waals surface area contributed by atoms with Crippen LogP contribution < -0.4 is 0 Å². The summed E-state index contributed by atoms with van der Waals surface area (Å²) in [6.07, 6.45) is 2.01. The third kappa shape index (κ3) is 4.77. The molecular weight excluding hydrogens is 207 g/mol. The first-order chi connectivity index (χ1) is 6.24. The van der Waals surface area contributed by atoms with Gasteiger partial charge in [-0.3, -0.25) is 0 Å². The summed E-state index contributed by atoms with van der Waals surface area (Å²) in [6, 6.07) is 0.721. The van der Waals surface area contributed by atoms with E-state index in [1.165, 1.54) is 14.2 Å². The fourth-order valence-electron chi connectivity index (χ4n) is 0.903. The van der Waals surface area contributed by atoms with Crippen LogP contribution in [0.3, 0.4) is 0 Å². The summed E-state index contributed by atoms with van der Waals surface area (Å²) in [6.45, 7) is 2.07. The van der Waals surface area contributed by atoms with Crippen LogP contribution in [0, 0.1) is 5.81 Å². The third-order valence-electron chi connectivity index (χ3n) is 1.70. The summed E-state index contributed by atoms with van der Waals surface area (Å²) in [7, 11) is 0.190. The number of hydrogen-bond acceptors (Lipinski definition) is 4. The van der Waals surface area contributed by atoms with Gasteiger partial charge in [0.2, 0.25) is 0 Å². The van der Waals surface area contributed by atoms with E-state index >= 15 is 0 Å². The van der Waals surface area contributed by atoms with Crippen molar-refractivity contribution in [3.05, 3.63) is 0 Å². The van der Waals surface area contributed by atoms with Crippen molar-refractivity contribution in [3.63, 3.8) is 0 Å². The van der Waals surface area contributed by atoms with Gasteiger partial charge in [0, 0.05) is 0 Å². The van der Waals surface area contributed by atoms with Gasteiger partial charge in [0.05, 0.1) is 0 Å². The van der Waals surface area contributed by atoms with Crippen LogP contribution in [-0.2, 0) is 17.8 Å². The quantitative estimate of drug-likeness (QED) is 0.510. The van der Waals surface area contributed by atoms with Crippen molar-refractivity contribution in [2.75, 3.05) is 14.2 Å². The molecule has 0 saturated heterocycles. The number of rotatable bonds is 6. The Morgan fingerprint density at radius 2 is 2.00 bits per heavy atom. The second kappa shape index (κ2) is 7.51. The molecule has 0 rings (SSSR count). The van der Waals surface area contributed by atoms with Crippen molar-refractivity contribution in [2.24, 2.45) is 0 Å². The number of unbranched alkanes of at least 4 members (excludes halogenated alkanes) is 1. The van der Waals surface area contributed by atoms with Gasteiger partial charge < -0.3 is 0 Å². The van der Waals surface area contributed by atoms with Crippen LogP contribution in [0.2, 0.25) is 6.04 Å². The second-order valence-electron chi connectivity index (χ2n) is 2.48. The van der Waals surface area contributed by atoms with E-state index in [0.717, 1.165) is 18.9 Å². The molecule has 4 nitrogen and oxygen atoms in total. The molecule has 0 amide bonds. The summed E-state index contributed by atoms with van der Waals surface area (Å²) in [4.78, 5) is 0. The predicted molar refractivity (Wildman–Crippen MR) is 52.1 cm³/mol. The van der Waals surface area contributed by atoms with Gasteiger partial charge in [0.15, 0.2) is 0 Å². The molecule has 13 heavy (non-hydrogen) atoms. The minimum absolute atomic E-state index is 0.280. The molecule has 0 atom stereocenters. The topological polar surface area (TPSA) is 44.8 Å². The van der Waals surface area contributed by atoms with Gasteiger partial charge in [-0.1, -0.05) is 0 Å². The van der Waals surface area contributed by atoms with Gasteiger partial charge in [0.25, 0.3) is 0 Å². The van der Waals surface area contributed by atoms with Crippen LogP contribution in [0.15, 0.2) is 0 Å². The SMILES string of the molecule is CCCC[Si](OC)(OC)OC#P=O. The summed E-state index contributed by atoms with van der Waals surface area (Å²) >= 11 is 0. The first-order valence-corrected chi connectivity index (χ1v) is 6.84. The van der Waals surface area contributed by atoms with Gasteiger partial charge >= 0.3 is 80.4 Å². The zero-order valence-electron chi connectivity index (χ0n) is 8.20. The van der Waals surface area contributed by atoms with Crippen LogP contribution in [0.1, 0.15) is 19.8 Å². The van der Waals surface area contributed by atoms with Crippen molar-refractivity contribution >= 4 is 16.7 Å². The molecule has 0 radical (unpaired) electrons. The summed E-state index contributed by atoms with van der Waals surface area (Å²) < 4.78 is 25.6. The maximum atomic E-state index is 10.1. The average Bonchev–Trinajstić information content (AvgIpc) is 2.20. The molecule has 6 heteroatoms. The molecule has 0 aromatic carbocycles. The molecule has 0 aromatic rings. The summed E-state index contributed by atoms with van der Waals surface area (Å²) in [5.74, 6) is 2.23. The molecule has 0 N–H and O–H groups in total. The fraction of sp³-hybridized carbons (Fsp3) is 0.857. The minimum atomic E-state index is -2.60. The Morgan fingerprint density at radius 3 is 2.38 bits per heavy atom. The molecular formula is C7H15O4PSi. The van der Waals surface area contributed by atoms with E-state index in [4.69, 9.17) is 13.3 Å². The van der Waals surface area contributed by atoms with E-state index < -0.39 is 8.80 Å². The molecule has 0 unspecified atom stereocenters. The Balaban J connectivity index is 4.26. The average molecular weight is 222 g/mol. The Kier molecular flexibility index (Phi) is 7.57. The van der Waals surface area contributed by atoms with Crippen LogP contribution in [-0.4, -0.2) is 23.0 Å². The van der Waals surface area contributed by atoms with Gasteiger partial charge in [-0.2, -0.15) is 0 Å². The van der Waals surface area contributed by atoms with E-state index in [0.29, 0.717) is 0 Å². The Hall–Kier alpha value is 0.107. The fourth-order valence-corrected chi connectivity index (χ4v) is 3.24. The Labute approximate surface area is 81.1 Å². The molecule has 0 spiro atoms. The first-order valence-electron chi connectivity index (χ1n) is 4.10. The van der Waals surface area contributed by atoms with Crippen molar-refractivity contribution in [1.82, 2.24) is 0 Å². The van der Waals surface area contributed by atoms with E-state index in [-0.39, 0.29) is 7.92 Å². The predicted octanol–water partition coefficient (Wildman–Crippen LogP) is 2.24. The molecule has 0 aliphatic carbocycles. The zero-order valence-corrected chi connectivity index (χ0v) is 10.1. The van der Waals surface area contributed by atoms with E-state index in [9.17, 15) is 4.57 Å². The Morgan fingerprint density at radius 1 is 1.38 bits per heavy atom. The molecule has 0 aliphatic rings.